The van der Waals surface area contributed by atoms with Crippen LogP contribution < -0.4 is 5.32 Å². The molecule has 1 fully saturated rings. The maximum absolute atomic E-state index is 9.77. The topological polar surface area (TPSA) is 121 Å². The molecule has 0 aromatic carbocycles. The number of nitrogens with one attached hydrogen (secondary N) is 2. The highest BCUT2D eigenvalue weighted by molar-refractivity contribution is 5.88. The van der Waals surface area contributed by atoms with E-state index in [1.54, 1.807) is 29.4 Å². The molecular weight excluding hydrogens is 356 g/mol. The third-order valence-electron chi connectivity index (χ3n) is 5.21. The summed E-state index contributed by atoms with van der Waals surface area (Å²) in [5, 5.41) is 24.5. The Hall–Kier alpha value is -3.67. The number of nitriles is 1. The van der Waals surface area contributed by atoms with Crippen LogP contribution in [-0.2, 0) is 5.54 Å². The molecule has 1 aliphatic carbocycles. The summed E-state index contributed by atoms with van der Waals surface area (Å²) in [6, 6.07) is 6.08. The van der Waals surface area contributed by atoms with E-state index in [1.807, 2.05) is 12.3 Å². The second-order valence-electron chi connectivity index (χ2n) is 7.01. The van der Waals surface area contributed by atoms with Crippen LogP contribution in [0.5, 0.6) is 0 Å². The minimum absolute atomic E-state index is 0.467. The van der Waals surface area contributed by atoms with Crippen LogP contribution in [0.1, 0.15) is 32.1 Å². The summed E-state index contributed by atoms with van der Waals surface area (Å²) in [7, 11) is 0. The van der Waals surface area contributed by atoms with Gasteiger partial charge in [0.05, 0.1) is 36.6 Å². The van der Waals surface area contributed by atoms with E-state index in [-0.39, 0.29) is 0 Å². The fourth-order valence-electron chi connectivity index (χ4n) is 3.73. The van der Waals surface area contributed by atoms with Gasteiger partial charge in [0.25, 0.3) is 0 Å². The third-order valence-corrected chi connectivity index (χ3v) is 5.21. The molecule has 2 N–H and O–H groups in total. The van der Waals surface area contributed by atoms with Gasteiger partial charge in [-0.25, -0.2) is 9.97 Å². The number of aromatic nitrogens is 6. The lowest BCUT2D eigenvalue weighted by Crippen LogP contribution is -2.34. The first-order chi connectivity index (χ1) is 13.8. The monoisotopic (exact) mass is 374 g/mol. The molecule has 0 unspecified atom stereocenters. The third kappa shape index (κ3) is 2.70. The quantitative estimate of drug-likeness (QED) is 0.558. The van der Waals surface area contributed by atoms with Crippen LogP contribution in [0, 0.1) is 11.3 Å². The fraction of sp³-hybridized carbons (Fsp3) is 0.316. The number of hydrogen-bond donors (Lipinski definition) is 2. The average Bonchev–Trinajstić information content (AvgIpc) is 3.49. The van der Waals surface area contributed by atoms with E-state index < -0.39 is 5.54 Å². The van der Waals surface area contributed by atoms with E-state index in [2.05, 4.69) is 36.7 Å². The lowest BCUT2D eigenvalue weighted by Gasteiger charge is -2.30. The van der Waals surface area contributed by atoms with Gasteiger partial charge in [-0.2, -0.15) is 15.5 Å². The summed E-state index contributed by atoms with van der Waals surface area (Å²) < 4.78 is 7.21. The van der Waals surface area contributed by atoms with Gasteiger partial charge in [-0.15, -0.1) is 0 Å². The van der Waals surface area contributed by atoms with Crippen LogP contribution in [-0.4, -0.2) is 29.9 Å². The molecular formula is C19H18N8O. The van der Waals surface area contributed by atoms with Gasteiger partial charge >= 0.3 is 0 Å². The summed E-state index contributed by atoms with van der Waals surface area (Å²) in [6.07, 6.45) is 11.7. The largest absolute Gasteiger partial charge is 0.461 e. The highest BCUT2D eigenvalue weighted by Crippen LogP contribution is 2.35. The number of fused-ring (bicyclic) bond motifs is 1. The lowest BCUT2D eigenvalue weighted by molar-refractivity contribution is 0.244. The van der Waals surface area contributed by atoms with Gasteiger partial charge in [0.15, 0.2) is 17.4 Å². The second kappa shape index (κ2) is 6.49. The Balaban J connectivity index is 1.50. The molecule has 0 amide bonds. The summed E-state index contributed by atoms with van der Waals surface area (Å²) >= 11 is 0. The molecule has 0 spiro atoms. The highest BCUT2D eigenvalue weighted by Gasteiger charge is 2.34. The first-order valence-corrected chi connectivity index (χ1v) is 9.26. The molecule has 4 aromatic rings. The molecule has 0 radical (unpaired) electrons. The van der Waals surface area contributed by atoms with Crippen LogP contribution in [0.2, 0.25) is 0 Å². The van der Waals surface area contributed by atoms with Crippen molar-refractivity contribution in [2.75, 3.05) is 5.32 Å². The van der Waals surface area contributed by atoms with Crippen molar-refractivity contribution in [3.05, 3.63) is 37.0 Å². The predicted octanol–water partition coefficient (Wildman–Crippen LogP) is 3.74. The summed E-state index contributed by atoms with van der Waals surface area (Å²) in [6.45, 7) is 0. The molecule has 4 heterocycles. The van der Waals surface area contributed by atoms with Crippen LogP contribution in [0.15, 0.2) is 41.4 Å². The molecule has 4 aromatic heterocycles. The maximum atomic E-state index is 9.77. The van der Waals surface area contributed by atoms with Crippen molar-refractivity contribution < 1.29 is 4.42 Å². The summed E-state index contributed by atoms with van der Waals surface area (Å²) in [5.41, 5.74) is 1.56. The standard InChI is InChI=1S/C19H18N8O/c20-12-19(6-2-1-3-7-19)27-11-13(9-22-27)23-18-16-14(10-21-26-16)24-17(25-18)15-5-4-8-28-15/h4-5,8-11H,1-3,6-7H2,(H,21,26)(H,23,24,25). The Bertz CT molecular complexity index is 1140. The van der Waals surface area contributed by atoms with Crippen molar-refractivity contribution >= 4 is 22.5 Å². The first kappa shape index (κ1) is 16.5. The molecule has 0 saturated heterocycles. The van der Waals surface area contributed by atoms with Crippen molar-refractivity contribution in [3.8, 4) is 17.7 Å². The van der Waals surface area contributed by atoms with Crippen molar-refractivity contribution in [1.82, 2.24) is 29.9 Å². The van der Waals surface area contributed by atoms with Gasteiger partial charge in [0.1, 0.15) is 16.6 Å². The first-order valence-electron chi connectivity index (χ1n) is 9.26. The molecule has 28 heavy (non-hydrogen) atoms. The van der Waals surface area contributed by atoms with Crippen LogP contribution >= 0.6 is 0 Å². The molecule has 140 valence electrons. The Morgan fingerprint density at radius 3 is 2.89 bits per heavy atom. The molecule has 9 heteroatoms. The Kier molecular flexibility index (Phi) is 3.83. The smallest absolute Gasteiger partial charge is 0.198 e. The minimum atomic E-state index is -0.563. The number of nitrogens with zero attached hydrogens (tertiary/aromatic N) is 6. The Morgan fingerprint density at radius 1 is 1.21 bits per heavy atom. The SMILES string of the molecule is N#CC1(n2cc(Nc3nc(-c4ccco4)nc4cn[nH]c34)cn2)CCCCC1. The second-order valence-corrected chi connectivity index (χ2v) is 7.01. The van der Waals surface area contributed by atoms with Crippen molar-refractivity contribution in [3.63, 3.8) is 0 Å². The van der Waals surface area contributed by atoms with E-state index >= 15 is 0 Å². The number of furan rings is 1. The zero-order valence-corrected chi connectivity index (χ0v) is 15.1. The fourth-order valence-corrected chi connectivity index (χ4v) is 3.73. The minimum Gasteiger partial charge on any atom is -0.461 e. The summed E-state index contributed by atoms with van der Waals surface area (Å²) in [5.74, 6) is 1.62. The molecule has 1 saturated carbocycles. The molecule has 0 bridgehead atoms. The van der Waals surface area contributed by atoms with Crippen molar-refractivity contribution in [2.24, 2.45) is 0 Å². The molecule has 9 nitrogen and oxygen atoms in total. The highest BCUT2D eigenvalue weighted by atomic mass is 16.3. The van der Waals surface area contributed by atoms with Gasteiger partial charge in [-0.1, -0.05) is 6.42 Å². The average molecular weight is 374 g/mol. The van der Waals surface area contributed by atoms with E-state index in [9.17, 15) is 5.26 Å². The van der Waals surface area contributed by atoms with Gasteiger partial charge in [-0.05, 0) is 37.8 Å². The number of rotatable bonds is 4. The van der Waals surface area contributed by atoms with Crippen molar-refractivity contribution in [2.45, 2.75) is 37.6 Å². The van der Waals surface area contributed by atoms with Crippen molar-refractivity contribution in [1.29, 1.82) is 5.26 Å². The van der Waals surface area contributed by atoms with Crippen LogP contribution in [0.4, 0.5) is 11.5 Å². The molecule has 0 aliphatic heterocycles. The lowest BCUT2D eigenvalue weighted by atomic mass is 9.83. The van der Waals surface area contributed by atoms with Crippen LogP contribution in [0.3, 0.4) is 0 Å². The number of anilines is 2. The Morgan fingerprint density at radius 2 is 2.11 bits per heavy atom. The van der Waals surface area contributed by atoms with Gasteiger partial charge in [0.2, 0.25) is 0 Å². The maximum Gasteiger partial charge on any atom is 0.198 e. The molecule has 5 rings (SSSR count). The summed E-state index contributed by atoms with van der Waals surface area (Å²) in [4.78, 5) is 9.06. The van der Waals surface area contributed by atoms with E-state index in [0.717, 1.165) is 31.4 Å². The predicted molar refractivity (Wildman–Crippen MR) is 102 cm³/mol. The number of H-pyrrole nitrogens is 1. The van der Waals surface area contributed by atoms with E-state index in [4.69, 9.17) is 4.42 Å². The number of hydrogen-bond acceptors (Lipinski definition) is 7. The zero-order valence-electron chi connectivity index (χ0n) is 15.1. The van der Waals surface area contributed by atoms with E-state index in [1.165, 1.54) is 6.42 Å². The molecule has 0 atom stereocenters. The van der Waals surface area contributed by atoms with Gasteiger partial charge in [0, 0.05) is 0 Å². The molecule has 1 aliphatic rings. The van der Waals surface area contributed by atoms with Gasteiger partial charge < -0.3 is 9.73 Å². The van der Waals surface area contributed by atoms with Gasteiger partial charge in [-0.3, -0.25) is 9.78 Å². The van der Waals surface area contributed by atoms with Crippen LogP contribution in [0.25, 0.3) is 22.6 Å². The Labute approximate surface area is 160 Å². The zero-order chi connectivity index (χ0) is 19.0. The number of aromatic amines is 1. The van der Waals surface area contributed by atoms with E-state index in [0.29, 0.717) is 28.4 Å². The normalized spacial score (nSPS) is 16.1.